The van der Waals surface area contributed by atoms with Gasteiger partial charge in [-0.2, -0.15) is 0 Å². The summed E-state index contributed by atoms with van der Waals surface area (Å²) in [5.41, 5.74) is 1.22. The molecule has 1 nitrogen and oxygen atoms in total. The van der Waals surface area contributed by atoms with Crippen molar-refractivity contribution >= 4 is 10.8 Å². The summed E-state index contributed by atoms with van der Waals surface area (Å²) in [4.78, 5) is 0.972. The fraction of sp³-hybridized carbons (Fsp3) is 0.556. The lowest BCUT2D eigenvalue weighted by Gasteiger charge is -2.03. The van der Waals surface area contributed by atoms with Gasteiger partial charge in [-0.25, -0.2) is 0 Å². The van der Waals surface area contributed by atoms with Gasteiger partial charge in [-0.15, -0.1) is 6.58 Å². The predicted octanol–water partition coefficient (Wildman–Crippen LogP) is 5.41. The number of benzene rings is 1. The molecule has 0 aliphatic rings. The average molecular weight is 292 g/mol. The Morgan fingerprint density at radius 2 is 1.50 bits per heavy atom. The van der Waals surface area contributed by atoms with Gasteiger partial charge in [0, 0.05) is 10.6 Å². The van der Waals surface area contributed by atoms with Crippen LogP contribution < -0.4 is 0 Å². The lowest BCUT2D eigenvalue weighted by Crippen LogP contribution is -1.98. The Bertz CT molecular complexity index is 394. The lowest BCUT2D eigenvalue weighted by molar-refractivity contribution is 0.591. The first-order valence-corrected chi connectivity index (χ1v) is 9.12. The van der Waals surface area contributed by atoms with Crippen LogP contribution in [0.5, 0.6) is 0 Å². The topological polar surface area (TPSA) is 17.1 Å². The van der Waals surface area contributed by atoms with E-state index in [1.165, 1.54) is 44.1 Å². The van der Waals surface area contributed by atoms with Crippen molar-refractivity contribution in [1.82, 2.24) is 0 Å². The zero-order valence-electron chi connectivity index (χ0n) is 12.8. The molecule has 0 aliphatic heterocycles. The molecule has 0 saturated heterocycles. The maximum absolute atomic E-state index is 12.1. The molecule has 1 atom stereocenters. The van der Waals surface area contributed by atoms with Crippen LogP contribution >= 0.6 is 0 Å². The zero-order valence-corrected chi connectivity index (χ0v) is 13.6. The minimum Gasteiger partial charge on any atom is -0.254 e. The highest BCUT2D eigenvalue weighted by Gasteiger charge is 2.02. The molecule has 0 N–H and O–H groups in total. The molecule has 0 fully saturated rings. The molecule has 0 aromatic heterocycles. The van der Waals surface area contributed by atoms with E-state index in [9.17, 15) is 4.21 Å². The lowest BCUT2D eigenvalue weighted by atomic mass is 10.1. The molecule has 0 bridgehead atoms. The highest BCUT2D eigenvalue weighted by atomic mass is 32.2. The van der Waals surface area contributed by atoms with Gasteiger partial charge in [0.25, 0.3) is 0 Å². The van der Waals surface area contributed by atoms with Crippen LogP contribution in [0.4, 0.5) is 0 Å². The van der Waals surface area contributed by atoms with E-state index in [1.807, 2.05) is 30.3 Å². The Morgan fingerprint density at radius 1 is 0.950 bits per heavy atom. The minimum atomic E-state index is -0.814. The van der Waals surface area contributed by atoms with Gasteiger partial charge in [0.05, 0.1) is 10.8 Å². The van der Waals surface area contributed by atoms with Crippen molar-refractivity contribution < 1.29 is 4.21 Å². The van der Waals surface area contributed by atoms with Gasteiger partial charge in [-0.3, -0.25) is 4.21 Å². The number of hydrogen-bond donors (Lipinski definition) is 0. The summed E-state index contributed by atoms with van der Waals surface area (Å²) in [7, 11) is -0.814. The molecule has 2 heteroatoms. The molecule has 1 aromatic rings. The summed E-state index contributed by atoms with van der Waals surface area (Å²) < 4.78 is 12.1. The molecular formula is C18H28OS. The van der Waals surface area contributed by atoms with Crippen molar-refractivity contribution in [2.24, 2.45) is 0 Å². The molecule has 0 amide bonds. The number of unbranched alkanes of at least 4 members (excludes halogenated alkanes) is 7. The zero-order chi connectivity index (χ0) is 14.6. The molecule has 0 aliphatic carbocycles. The number of allylic oxidation sites excluding steroid dienone is 1. The second-order valence-electron chi connectivity index (χ2n) is 5.41. The van der Waals surface area contributed by atoms with Crippen LogP contribution in [0.15, 0.2) is 41.8 Å². The first kappa shape index (κ1) is 17.2. The van der Waals surface area contributed by atoms with E-state index in [0.29, 0.717) is 0 Å². The monoisotopic (exact) mass is 292 g/mol. The third kappa shape index (κ3) is 7.64. The predicted molar refractivity (Wildman–Crippen MR) is 89.6 cm³/mol. The Balaban J connectivity index is 2.02. The fourth-order valence-electron chi connectivity index (χ4n) is 2.21. The SMILES string of the molecule is C=CCCCCCCCCCS(=O)c1ccc(C)cc1. The highest BCUT2D eigenvalue weighted by Crippen LogP contribution is 2.12. The fourth-order valence-corrected chi connectivity index (χ4v) is 3.36. The summed E-state index contributed by atoms with van der Waals surface area (Å²) in [6.07, 6.45) is 12.0. The molecule has 0 spiro atoms. The standard InChI is InChI=1S/C18H28OS/c1-3-4-5-6-7-8-9-10-11-16-20(19)18-14-12-17(2)13-15-18/h3,12-15H,1,4-11,16H2,2H3. The Labute approximate surface area is 126 Å². The first-order chi connectivity index (χ1) is 9.74. The van der Waals surface area contributed by atoms with Gasteiger partial charge >= 0.3 is 0 Å². The normalized spacial score (nSPS) is 12.2. The van der Waals surface area contributed by atoms with Crippen LogP contribution in [0.3, 0.4) is 0 Å². The van der Waals surface area contributed by atoms with Gasteiger partial charge in [-0.05, 0) is 38.3 Å². The molecule has 20 heavy (non-hydrogen) atoms. The number of rotatable bonds is 11. The van der Waals surface area contributed by atoms with Crippen molar-refractivity contribution in [3.05, 3.63) is 42.5 Å². The molecule has 0 heterocycles. The van der Waals surface area contributed by atoms with E-state index in [0.717, 1.165) is 23.5 Å². The van der Waals surface area contributed by atoms with Crippen LogP contribution in [0.1, 0.15) is 56.9 Å². The molecule has 0 saturated carbocycles. The second-order valence-corrected chi connectivity index (χ2v) is 6.99. The van der Waals surface area contributed by atoms with Crippen LogP contribution in [-0.4, -0.2) is 9.96 Å². The van der Waals surface area contributed by atoms with Crippen molar-refractivity contribution in [3.63, 3.8) is 0 Å². The maximum Gasteiger partial charge on any atom is 0.0529 e. The molecule has 112 valence electrons. The summed E-state index contributed by atoms with van der Waals surface area (Å²) in [6.45, 7) is 5.79. The van der Waals surface area contributed by atoms with E-state index < -0.39 is 10.8 Å². The van der Waals surface area contributed by atoms with E-state index in [-0.39, 0.29) is 0 Å². The molecule has 1 aromatic carbocycles. The summed E-state index contributed by atoms with van der Waals surface area (Å²) in [5.74, 6) is 0.805. The van der Waals surface area contributed by atoms with Crippen molar-refractivity contribution in [1.29, 1.82) is 0 Å². The van der Waals surface area contributed by atoms with E-state index in [4.69, 9.17) is 0 Å². The molecule has 1 rings (SSSR count). The summed E-state index contributed by atoms with van der Waals surface area (Å²) in [6, 6.07) is 8.06. The molecule has 0 radical (unpaired) electrons. The van der Waals surface area contributed by atoms with Gasteiger partial charge in [-0.1, -0.05) is 55.9 Å². The Morgan fingerprint density at radius 3 is 2.10 bits per heavy atom. The van der Waals surface area contributed by atoms with Gasteiger partial charge in [0.15, 0.2) is 0 Å². The van der Waals surface area contributed by atoms with Crippen LogP contribution in [0, 0.1) is 6.92 Å². The maximum atomic E-state index is 12.1. The molecule has 1 unspecified atom stereocenters. The average Bonchev–Trinajstić information content (AvgIpc) is 2.46. The quantitative estimate of drug-likeness (QED) is 0.394. The number of hydrogen-bond acceptors (Lipinski definition) is 1. The van der Waals surface area contributed by atoms with Gasteiger partial charge in [0.2, 0.25) is 0 Å². The van der Waals surface area contributed by atoms with Crippen molar-refractivity contribution in [2.75, 3.05) is 5.75 Å². The smallest absolute Gasteiger partial charge is 0.0529 e. The van der Waals surface area contributed by atoms with Gasteiger partial charge < -0.3 is 0 Å². The van der Waals surface area contributed by atoms with Gasteiger partial charge in [0.1, 0.15) is 0 Å². The van der Waals surface area contributed by atoms with Crippen LogP contribution in [-0.2, 0) is 10.8 Å². The highest BCUT2D eigenvalue weighted by molar-refractivity contribution is 7.85. The first-order valence-electron chi connectivity index (χ1n) is 7.80. The third-order valence-electron chi connectivity index (χ3n) is 3.52. The van der Waals surface area contributed by atoms with E-state index in [1.54, 1.807) is 0 Å². The Kier molecular flexibility index (Phi) is 9.31. The Hall–Kier alpha value is -0.890. The summed E-state index contributed by atoms with van der Waals surface area (Å²) >= 11 is 0. The van der Waals surface area contributed by atoms with E-state index in [2.05, 4.69) is 13.5 Å². The minimum absolute atomic E-state index is 0.805. The second kappa shape index (κ2) is 10.8. The largest absolute Gasteiger partial charge is 0.254 e. The van der Waals surface area contributed by atoms with E-state index >= 15 is 0 Å². The molecular weight excluding hydrogens is 264 g/mol. The van der Waals surface area contributed by atoms with Crippen molar-refractivity contribution in [3.8, 4) is 0 Å². The summed E-state index contributed by atoms with van der Waals surface area (Å²) in [5, 5.41) is 0. The third-order valence-corrected chi connectivity index (χ3v) is 4.98. The van der Waals surface area contributed by atoms with Crippen molar-refractivity contribution in [2.45, 2.75) is 63.2 Å². The van der Waals surface area contributed by atoms with Crippen LogP contribution in [0.25, 0.3) is 0 Å². The van der Waals surface area contributed by atoms with Crippen LogP contribution in [0.2, 0.25) is 0 Å². The number of aryl methyl sites for hydroxylation is 1.